The first kappa shape index (κ1) is 13.6. The maximum Gasteiger partial charge on any atom is 0.275 e. The van der Waals surface area contributed by atoms with Gasteiger partial charge in [-0.1, -0.05) is 18.2 Å². The molecule has 0 N–H and O–H groups in total. The van der Waals surface area contributed by atoms with Crippen molar-refractivity contribution in [2.75, 3.05) is 26.2 Å². The molecule has 6 nitrogen and oxygen atoms in total. The average molecular weight is 286 g/mol. The topological polar surface area (TPSA) is 58.4 Å². The van der Waals surface area contributed by atoms with Crippen LogP contribution in [0.25, 0.3) is 10.9 Å². The highest BCUT2D eigenvalue weighted by atomic mass is 16.2. The second-order valence-electron chi connectivity index (χ2n) is 5.29. The number of carbonyl (C=O) groups excluding carboxylic acids is 2. The summed E-state index contributed by atoms with van der Waals surface area (Å²) in [6.45, 7) is 3.86. The van der Waals surface area contributed by atoms with E-state index in [1.54, 1.807) is 21.4 Å². The molecule has 0 radical (unpaired) electrons. The van der Waals surface area contributed by atoms with Gasteiger partial charge in [-0.15, -0.1) is 0 Å². The predicted molar refractivity (Wildman–Crippen MR) is 78.9 cm³/mol. The number of amides is 2. The summed E-state index contributed by atoms with van der Waals surface area (Å²) in [5.41, 5.74) is 1.44. The largest absolute Gasteiger partial charge is 0.339 e. The molecular weight excluding hydrogens is 268 g/mol. The second kappa shape index (κ2) is 5.20. The quantitative estimate of drug-likeness (QED) is 0.782. The van der Waals surface area contributed by atoms with Crippen molar-refractivity contribution >= 4 is 22.7 Å². The van der Waals surface area contributed by atoms with E-state index in [4.69, 9.17) is 0 Å². The summed E-state index contributed by atoms with van der Waals surface area (Å²) < 4.78 is 1.73. The van der Waals surface area contributed by atoms with Crippen LogP contribution >= 0.6 is 0 Å². The fourth-order valence-corrected chi connectivity index (χ4v) is 2.75. The van der Waals surface area contributed by atoms with E-state index in [2.05, 4.69) is 5.10 Å². The molecule has 1 aromatic carbocycles. The molecule has 0 atom stereocenters. The van der Waals surface area contributed by atoms with Gasteiger partial charge in [-0.2, -0.15) is 5.10 Å². The van der Waals surface area contributed by atoms with E-state index < -0.39 is 0 Å². The van der Waals surface area contributed by atoms with Crippen LogP contribution in [0.15, 0.2) is 24.3 Å². The second-order valence-corrected chi connectivity index (χ2v) is 5.29. The van der Waals surface area contributed by atoms with Gasteiger partial charge in [-0.25, -0.2) is 0 Å². The molecule has 2 amide bonds. The van der Waals surface area contributed by atoms with Gasteiger partial charge in [0.25, 0.3) is 5.91 Å². The lowest BCUT2D eigenvalue weighted by molar-refractivity contribution is -0.130. The fourth-order valence-electron chi connectivity index (χ4n) is 2.75. The van der Waals surface area contributed by atoms with E-state index in [0.29, 0.717) is 31.9 Å². The molecule has 0 saturated carbocycles. The third kappa shape index (κ3) is 2.37. The summed E-state index contributed by atoms with van der Waals surface area (Å²) in [6.07, 6.45) is 0. The Morgan fingerprint density at radius 2 is 1.67 bits per heavy atom. The number of hydrogen-bond donors (Lipinski definition) is 0. The number of hydrogen-bond acceptors (Lipinski definition) is 3. The van der Waals surface area contributed by atoms with Crippen LogP contribution in [0, 0.1) is 0 Å². The van der Waals surface area contributed by atoms with E-state index in [1.807, 2.05) is 31.3 Å². The molecule has 1 aliphatic rings. The molecule has 1 saturated heterocycles. The van der Waals surface area contributed by atoms with Crippen LogP contribution in [0.2, 0.25) is 0 Å². The summed E-state index contributed by atoms with van der Waals surface area (Å²) in [4.78, 5) is 27.5. The number of benzene rings is 1. The highest BCUT2D eigenvalue weighted by molar-refractivity contribution is 6.04. The Morgan fingerprint density at radius 3 is 2.33 bits per heavy atom. The van der Waals surface area contributed by atoms with Crippen LogP contribution in [-0.2, 0) is 11.8 Å². The van der Waals surface area contributed by atoms with Crippen molar-refractivity contribution < 1.29 is 9.59 Å². The molecule has 0 aliphatic carbocycles. The molecule has 1 fully saturated rings. The van der Waals surface area contributed by atoms with Gasteiger partial charge in [0.1, 0.15) is 0 Å². The number of fused-ring (bicyclic) bond motifs is 1. The molecule has 3 rings (SSSR count). The van der Waals surface area contributed by atoms with Crippen LogP contribution in [0.5, 0.6) is 0 Å². The van der Waals surface area contributed by atoms with E-state index in [-0.39, 0.29) is 11.8 Å². The zero-order valence-corrected chi connectivity index (χ0v) is 12.2. The van der Waals surface area contributed by atoms with Crippen LogP contribution in [0.1, 0.15) is 17.4 Å². The van der Waals surface area contributed by atoms with Gasteiger partial charge in [0.15, 0.2) is 5.69 Å². The van der Waals surface area contributed by atoms with Crippen molar-refractivity contribution in [1.82, 2.24) is 19.6 Å². The summed E-state index contributed by atoms with van der Waals surface area (Å²) in [5, 5.41) is 5.24. The van der Waals surface area contributed by atoms with Crippen molar-refractivity contribution in [3.05, 3.63) is 30.0 Å². The van der Waals surface area contributed by atoms with Gasteiger partial charge < -0.3 is 9.80 Å². The Hall–Kier alpha value is -2.37. The first-order valence-corrected chi connectivity index (χ1v) is 7.04. The van der Waals surface area contributed by atoms with Crippen LogP contribution in [0.3, 0.4) is 0 Å². The van der Waals surface area contributed by atoms with Gasteiger partial charge in [0.05, 0.1) is 5.52 Å². The minimum Gasteiger partial charge on any atom is -0.339 e. The van der Waals surface area contributed by atoms with Crippen LogP contribution < -0.4 is 0 Å². The highest BCUT2D eigenvalue weighted by Crippen LogP contribution is 2.19. The lowest BCUT2D eigenvalue weighted by Crippen LogP contribution is -2.50. The third-order valence-corrected chi connectivity index (χ3v) is 3.97. The molecular formula is C15H18N4O2. The van der Waals surface area contributed by atoms with E-state index in [0.717, 1.165) is 10.9 Å². The zero-order valence-electron chi connectivity index (χ0n) is 12.2. The van der Waals surface area contributed by atoms with Gasteiger partial charge in [0, 0.05) is 45.5 Å². The minimum absolute atomic E-state index is 0.0602. The van der Waals surface area contributed by atoms with E-state index in [1.165, 1.54) is 0 Å². The molecule has 1 aliphatic heterocycles. The maximum absolute atomic E-state index is 12.7. The predicted octanol–water partition coefficient (Wildman–Crippen LogP) is 0.878. The molecule has 6 heteroatoms. The molecule has 0 spiro atoms. The van der Waals surface area contributed by atoms with E-state index >= 15 is 0 Å². The summed E-state index contributed by atoms with van der Waals surface area (Å²) in [6, 6.07) is 7.71. The minimum atomic E-state index is -0.0602. The number of carbonyl (C=O) groups is 2. The number of aromatic nitrogens is 2. The number of piperazine rings is 1. The normalized spacial score (nSPS) is 15.5. The van der Waals surface area contributed by atoms with Gasteiger partial charge in [-0.05, 0) is 6.07 Å². The fraction of sp³-hybridized carbons (Fsp3) is 0.400. The summed E-state index contributed by atoms with van der Waals surface area (Å²) in [5.74, 6) is 0.000358. The van der Waals surface area contributed by atoms with Crippen molar-refractivity contribution in [2.45, 2.75) is 6.92 Å². The monoisotopic (exact) mass is 286 g/mol. The van der Waals surface area contributed by atoms with Gasteiger partial charge in [-0.3, -0.25) is 14.3 Å². The van der Waals surface area contributed by atoms with Crippen molar-refractivity contribution in [3.8, 4) is 0 Å². The van der Waals surface area contributed by atoms with Gasteiger partial charge in [0.2, 0.25) is 5.91 Å². The maximum atomic E-state index is 12.7. The lowest BCUT2D eigenvalue weighted by Gasteiger charge is -2.33. The van der Waals surface area contributed by atoms with Crippen LogP contribution in [0.4, 0.5) is 0 Å². The molecule has 2 aromatic rings. The third-order valence-electron chi connectivity index (χ3n) is 3.97. The highest BCUT2D eigenvalue weighted by Gasteiger charge is 2.26. The average Bonchev–Trinajstić information content (AvgIpc) is 2.84. The standard InChI is InChI=1S/C15H18N4O2/c1-11(20)18-7-9-19(10-8-18)15(21)14-12-5-3-4-6-13(12)17(2)16-14/h3-6H,7-10H2,1-2H3. The molecule has 110 valence electrons. The van der Waals surface area contributed by atoms with Crippen LogP contribution in [-0.4, -0.2) is 57.6 Å². The Labute approximate surface area is 122 Å². The molecule has 21 heavy (non-hydrogen) atoms. The SMILES string of the molecule is CC(=O)N1CCN(C(=O)c2nn(C)c3ccccc23)CC1. The van der Waals surface area contributed by atoms with Crippen molar-refractivity contribution in [2.24, 2.45) is 7.05 Å². The van der Waals surface area contributed by atoms with Gasteiger partial charge >= 0.3 is 0 Å². The molecule has 1 aromatic heterocycles. The zero-order chi connectivity index (χ0) is 15.0. The Balaban J connectivity index is 1.84. The Morgan fingerprint density at radius 1 is 1.05 bits per heavy atom. The first-order chi connectivity index (χ1) is 10.1. The number of aryl methyl sites for hydroxylation is 1. The first-order valence-electron chi connectivity index (χ1n) is 7.04. The Kier molecular flexibility index (Phi) is 3.37. The molecule has 2 heterocycles. The van der Waals surface area contributed by atoms with E-state index in [9.17, 15) is 9.59 Å². The smallest absolute Gasteiger partial charge is 0.275 e. The van der Waals surface area contributed by atoms with Crippen molar-refractivity contribution in [1.29, 1.82) is 0 Å². The number of rotatable bonds is 1. The molecule has 0 bridgehead atoms. The number of nitrogens with zero attached hydrogens (tertiary/aromatic N) is 4. The number of para-hydroxylation sites is 1. The summed E-state index contributed by atoms with van der Waals surface area (Å²) >= 11 is 0. The Bertz CT molecular complexity index is 699. The lowest BCUT2D eigenvalue weighted by atomic mass is 10.2. The summed E-state index contributed by atoms with van der Waals surface area (Å²) in [7, 11) is 1.84. The van der Waals surface area contributed by atoms with Crippen molar-refractivity contribution in [3.63, 3.8) is 0 Å². The molecule has 0 unspecified atom stereocenters.